The van der Waals surface area contributed by atoms with E-state index in [0.717, 1.165) is 17.2 Å². The Morgan fingerprint density at radius 3 is 2.47 bits per heavy atom. The molecule has 0 aromatic heterocycles. The number of hydrogen-bond donors (Lipinski definition) is 1. The van der Waals surface area contributed by atoms with E-state index >= 15 is 0 Å². The molecule has 0 amide bonds. The lowest BCUT2D eigenvalue weighted by Gasteiger charge is -2.29. The van der Waals surface area contributed by atoms with Gasteiger partial charge < -0.3 is 20.1 Å². The fourth-order valence-electron chi connectivity index (χ4n) is 1.96. The van der Waals surface area contributed by atoms with E-state index in [0.29, 0.717) is 25.8 Å². The Kier molecular flexibility index (Phi) is 3.43. The zero-order chi connectivity index (χ0) is 12.4. The molecule has 0 radical (unpaired) electrons. The first-order chi connectivity index (χ1) is 8.13. The molecule has 1 aliphatic rings. The third-order valence-corrected chi connectivity index (χ3v) is 3.24. The predicted octanol–water partition coefficient (Wildman–Crippen LogP) is 1.55. The number of aryl methyl sites for hydroxylation is 1. The molecule has 2 N–H and O–H groups in total. The van der Waals surface area contributed by atoms with Gasteiger partial charge in [0.15, 0.2) is 11.5 Å². The molecule has 1 aliphatic heterocycles. The van der Waals surface area contributed by atoms with Gasteiger partial charge in [0.05, 0.1) is 0 Å². The average molecular weight is 236 g/mol. The lowest BCUT2D eigenvalue weighted by Crippen LogP contribution is -2.35. The average Bonchev–Trinajstić information content (AvgIpc) is 2.36. The zero-order valence-corrected chi connectivity index (χ0v) is 10.7. The summed E-state index contributed by atoms with van der Waals surface area (Å²) < 4.78 is 11.2. The molecule has 1 aromatic carbocycles. The smallest absolute Gasteiger partial charge is 0.163 e. The van der Waals surface area contributed by atoms with E-state index in [1.165, 1.54) is 5.56 Å². The van der Waals surface area contributed by atoms with Gasteiger partial charge in [-0.25, -0.2) is 0 Å². The maximum atomic E-state index is 5.70. The van der Waals surface area contributed by atoms with Gasteiger partial charge in [0.1, 0.15) is 13.2 Å². The van der Waals surface area contributed by atoms with Gasteiger partial charge in [-0.3, -0.25) is 0 Å². The van der Waals surface area contributed by atoms with Crippen LogP contribution in [0.5, 0.6) is 11.5 Å². The summed E-state index contributed by atoms with van der Waals surface area (Å²) in [6.07, 6.45) is 0. The van der Waals surface area contributed by atoms with Crippen molar-refractivity contribution in [2.45, 2.75) is 19.9 Å². The molecule has 94 valence electrons. The number of nitrogens with two attached hydrogens (primary N) is 1. The van der Waals surface area contributed by atoms with E-state index in [1.54, 1.807) is 0 Å². The van der Waals surface area contributed by atoms with Crippen molar-refractivity contribution in [3.63, 3.8) is 0 Å². The minimum Gasteiger partial charge on any atom is -0.486 e. The van der Waals surface area contributed by atoms with Crippen LogP contribution in [0.25, 0.3) is 0 Å². The van der Waals surface area contributed by atoms with Crippen molar-refractivity contribution in [1.29, 1.82) is 0 Å². The maximum absolute atomic E-state index is 5.70. The van der Waals surface area contributed by atoms with Crippen molar-refractivity contribution in [2.75, 3.05) is 31.7 Å². The highest BCUT2D eigenvalue weighted by Crippen LogP contribution is 2.36. The standard InChI is InChI=1S/C13H20N2O2/c1-9-6-12-13(17-5-4-16-12)7-11(9)15(3)10(2)8-14/h6-7,10H,4-5,8,14H2,1-3H3. The van der Waals surface area contributed by atoms with Crippen LogP contribution < -0.4 is 20.1 Å². The molecule has 0 aliphatic carbocycles. The highest BCUT2D eigenvalue weighted by atomic mass is 16.6. The van der Waals surface area contributed by atoms with Crippen molar-refractivity contribution in [2.24, 2.45) is 5.73 Å². The van der Waals surface area contributed by atoms with E-state index in [-0.39, 0.29) is 0 Å². The summed E-state index contributed by atoms with van der Waals surface area (Å²) in [5.74, 6) is 1.67. The summed E-state index contributed by atoms with van der Waals surface area (Å²) in [7, 11) is 2.05. The van der Waals surface area contributed by atoms with Crippen LogP contribution in [0, 0.1) is 6.92 Å². The van der Waals surface area contributed by atoms with Crippen molar-refractivity contribution < 1.29 is 9.47 Å². The van der Waals surface area contributed by atoms with Gasteiger partial charge in [-0.2, -0.15) is 0 Å². The molecule has 0 saturated carbocycles. The van der Waals surface area contributed by atoms with Crippen LogP contribution in [-0.2, 0) is 0 Å². The van der Waals surface area contributed by atoms with Gasteiger partial charge >= 0.3 is 0 Å². The number of nitrogens with zero attached hydrogens (tertiary/aromatic N) is 1. The Bertz CT molecular complexity index is 407. The molecule has 0 bridgehead atoms. The number of likely N-dealkylation sites (N-methyl/N-ethyl adjacent to an activating group) is 1. The van der Waals surface area contributed by atoms with E-state index in [4.69, 9.17) is 15.2 Å². The normalized spacial score (nSPS) is 15.5. The van der Waals surface area contributed by atoms with E-state index in [2.05, 4.69) is 25.8 Å². The first kappa shape index (κ1) is 12.0. The molecule has 4 heteroatoms. The summed E-state index contributed by atoms with van der Waals surface area (Å²) in [5, 5.41) is 0. The highest BCUT2D eigenvalue weighted by molar-refractivity contribution is 5.62. The van der Waals surface area contributed by atoms with Crippen LogP contribution in [-0.4, -0.2) is 32.8 Å². The molecule has 4 nitrogen and oxygen atoms in total. The molecular weight excluding hydrogens is 216 g/mol. The second kappa shape index (κ2) is 4.84. The third-order valence-electron chi connectivity index (χ3n) is 3.24. The number of ether oxygens (including phenoxy) is 2. The van der Waals surface area contributed by atoms with Crippen LogP contribution >= 0.6 is 0 Å². The first-order valence-corrected chi connectivity index (χ1v) is 5.96. The molecule has 1 unspecified atom stereocenters. The topological polar surface area (TPSA) is 47.7 Å². The summed E-state index contributed by atoms with van der Waals surface area (Å²) in [6, 6.07) is 4.37. The fraction of sp³-hybridized carbons (Fsp3) is 0.538. The van der Waals surface area contributed by atoms with E-state index in [9.17, 15) is 0 Å². The molecule has 0 saturated heterocycles. The van der Waals surface area contributed by atoms with Crippen LogP contribution in [0.15, 0.2) is 12.1 Å². The molecular formula is C13H20N2O2. The quantitative estimate of drug-likeness (QED) is 0.865. The van der Waals surface area contributed by atoms with Gasteiger partial charge in [0.2, 0.25) is 0 Å². The molecule has 1 heterocycles. The van der Waals surface area contributed by atoms with Crippen molar-refractivity contribution in [3.8, 4) is 11.5 Å². The summed E-state index contributed by atoms with van der Waals surface area (Å²) in [4.78, 5) is 2.17. The number of anilines is 1. The van der Waals surface area contributed by atoms with Crippen LogP contribution in [0.2, 0.25) is 0 Å². The SMILES string of the molecule is Cc1cc2c(cc1N(C)C(C)CN)OCCO2. The Labute approximate surface area is 102 Å². The fourth-order valence-corrected chi connectivity index (χ4v) is 1.96. The Hall–Kier alpha value is -1.42. The maximum Gasteiger partial charge on any atom is 0.163 e. The number of rotatable bonds is 3. The van der Waals surface area contributed by atoms with Crippen molar-refractivity contribution in [3.05, 3.63) is 17.7 Å². The monoisotopic (exact) mass is 236 g/mol. The summed E-state index contributed by atoms with van der Waals surface area (Å²) in [6.45, 7) is 6.06. The largest absolute Gasteiger partial charge is 0.486 e. The Morgan fingerprint density at radius 1 is 1.29 bits per heavy atom. The molecule has 17 heavy (non-hydrogen) atoms. The summed E-state index contributed by atoms with van der Waals surface area (Å²) >= 11 is 0. The summed E-state index contributed by atoms with van der Waals surface area (Å²) in [5.41, 5.74) is 8.02. The Morgan fingerprint density at radius 2 is 1.88 bits per heavy atom. The second-order valence-electron chi connectivity index (χ2n) is 4.48. The number of benzene rings is 1. The molecule has 2 rings (SSSR count). The molecule has 1 aromatic rings. The number of hydrogen-bond acceptors (Lipinski definition) is 4. The minimum absolute atomic E-state index is 0.302. The third kappa shape index (κ3) is 2.31. The minimum atomic E-state index is 0.302. The molecule has 0 fully saturated rings. The van der Waals surface area contributed by atoms with Crippen LogP contribution in [0.1, 0.15) is 12.5 Å². The van der Waals surface area contributed by atoms with Gasteiger partial charge in [0, 0.05) is 31.4 Å². The lowest BCUT2D eigenvalue weighted by atomic mass is 10.1. The zero-order valence-electron chi connectivity index (χ0n) is 10.7. The Balaban J connectivity index is 2.34. The molecule has 0 spiro atoms. The van der Waals surface area contributed by atoms with Crippen molar-refractivity contribution >= 4 is 5.69 Å². The predicted molar refractivity (Wildman–Crippen MR) is 69.1 cm³/mol. The lowest BCUT2D eigenvalue weighted by molar-refractivity contribution is 0.171. The van der Waals surface area contributed by atoms with Gasteiger partial charge in [-0.1, -0.05) is 0 Å². The van der Waals surface area contributed by atoms with Crippen LogP contribution in [0.3, 0.4) is 0 Å². The van der Waals surface area contributed by atoms with Crippen LogP contribution in [0.4, 0.5) is 5.69 Å². The highest BCUT2D eigenvalue weighted by Gasteiger charge is 2.17. The van der Waals surface area contributed by atoms with Crippen molar-refractivity contribution in [1.82, 2.24) is 0 Å². The van der Waals surface area contributed by atoms with Gasteiger partial charge in [0.25, 0.3) is 0 Å². The van der Waals surface area contributed by atoms with Gasteiger partial charge in [-0.05, 0) is 25.5 Å². The number of fused-ring (bicyclic) bond motifs is 1. The molecule has 1 atom stereocenters. The van der Waals surface area contributed by atoms with E-state index in [1.807, 2.05) is 12.1 Å². The van der Waals surface area contributed by atoms with Gasteiger partial charge in [-0.15, -0.1) is 0 Å². The second-order valence-corrected chi connectivity index (χ2v) is 4.48. The van der Waals surface area contributed by atoms with E-state index < -0.39 is 0 Å². The first-order valence-electron chi connectivity index (χ1n) is 5.96.